The van der Waals surface area contributed by atoms with Crippen molar-refractivity contribution in [2.24, 2.45) is 5.92 Å². The molecule has 5 rings (SSSR count). The molecule has 206 valence electrons. The van der Waals surface area contributed by atoms with E-state index in [1.165, 1.54) is 10.1 Å². The number of hydrogen-bond donors (Lipinski definition) is 2. The SMILES string of the molecule is O=C(CCN1C(=O)C2C=CC=CC2=[N+](CC(=O)NC2CCCC2)C1=O)NC1CCN(Cc2ccccc2)CC1. The summed E-state index contributed by atoms with van der Waals surface area (Å²) >= 11 is 0. The first kappa shape index (κ1) is 27.0. The molecule has 2 fully saturated rings. The summed E-state index contributed by atoms with van der Waals surface area (Å²) in [5.74, 6) is -1.39. The summed E-state index contributed by atoms with van der Waals surface area (Å²) in [6.07, 6.45) is 12.8. The summed E-state index contributed by atoms with van der Waals surface area (Å²) in [6.45, 7) is 2.55. The van der Waals surface area contributed by atoms with Crippen LogP contribution in [0.2, 0.25) is 0 Å². The average molecular weight is 533 g/mol. The number of rotatable bonds is 9. The third kappa shape index (κ3) is 6.71. The number of fused-ring (bicyclic) bond motifs is 1. The number of carbonyl (C=O) groups is 4. The van der Waals surface area contributed by atoms with Gasteiger partial charge in [0.1, 0.15) is 18.2 Å². The zero-order chi connectivity index (χ0) is 27.2. The number of likely N-dealkylation sites (tertiary alicyclic amines) is 1. The number of allylic oxidation sites excluding steroid dienone is 3. The minimum atomic E-state index is -0.635. The smallest absolute Gasteiger partial charge is 0.353 e. The Hall–Kier alpha value is -3.59. The molecule has 1 aromatic carbocycles. The van der Waals surface area contributed by atoms with Crippen LogP contribution in [-0.2, 0) is 20.9 Å². The van der Waals surface area contributed by atoms with Gasteiger partial charge in [0.2, 0.25) is 5.91 Å². The number of hydrogen-bond acceptors (Lipinski definition) is 5. The Balaban J connectivity index is 1.14. The Morgan fingerprint density at radius 3 is 2.33 bits per heavy atom. The molecule has 2 aliphatic heterocycles. The second kappa shape index (κ2) is 12.5. The van der Waals surface area contributed by atoms with Crippen LogP contribution in [0, 0.1) is 5.92 Å². The summed E-state index contributed by atoms with van der Waals surface area (Å²) in [7, 11) is 0. The molecule has 1 unspecified atom stereocenters. The van der Waals surface area contributed by atoms with E-state index in [4.69, 9.17) is 0 Å². The highest BCUT2D eigenvalue weighted by Gasteiger charge is 2.47. The molecule has 9 heteroatoms. The van der Waals surface area contributed by atoms with Crippen molar-refractivity contribution in [3.63, 3.8) is 0 Å². The van der Waals surface area contributed by atoms with Gasteiger partial charge in [0.25, 0.3) is 5.91 Å². The third-order valence-electron chi connectivity index (χ3n) is 8.09. The van der Waals surface area contributed by atoms with E-state index in [9.17, 15) is 19.2 Å². The van der Waals surface area contributed by atoms with E-state index in [1.54, 1.807) is 24.3 Å². The van der Waals surface area contributed by atoms with E-state index in [0.29, 0.717) is 5.71 Å². The van der Waals surface area contributed by atoms with Gasteiger partial charge in [0.15, 0.2) is 6.54 Å². The summed E-state index contributed by atoms with van der Waals surface area (Å²) in [6, 6.07) is 10.0. The quantitative estimate of drug-likeness (QED) is 0.476. The van der Waals surface area contributed by atoms with Crippen molar-refractivity contribution >= 4 is 29.5 Å². The lowest BCUT2D eigenvalue weighted by atomic mass is 9.94. The molecule has 2 heterocycles. The van der Waals surface area contributed by atoms with Gasteiger partial charge in [-0.1, -0.05) is 61.4 Å². The molecular formula is C30H38N5O4+. The van der Waals surface area contributed by atoms with Crippen molar-refractivity contribution in [2.45, 2.75) is 63.6 Å². The van der Waals surface area contributed by atoms with E-state index < -0.39 is 11.9 Å². The van der Waals surface area contributed by atoms with Gasteiger partial charge in [-0.3, -0.25) is 14.5 Å². The standard InChI is InChI=1S/C30H37N5O4/c36-27(31-24-14-17-33(18-15-24)20-22-8-2-1-3-9-22)16-19-34-29(38)25-12-6-7-13-26(25)35(30(34)39)21-28(37)32-23-10-4-5-11-23/h1-3,6-9,12-13,23-25H,4-5,10-11,14-21H2,(H-,31,32,36,37)/p+1. The van der Waals surface area contributed by atoms with Crippen molar-refractivity contribution in [3.8, 4) is 0 Å². The molecule has 1 atom stereocenters. The van der Waals surface area contributed by atoms with Gasteiger partial charge < -0.3 is 10.6 Å². The Bertz CT molecular complexity index is 1180. The highest BCUT2D eigenvalue weighted by Crippen LogP contribution is 2.21. The molecule has 0 radical (unpaired) electrons. The highest BCUT2D eigenvalue weighted by molar-refractivity contribution is 6.16. The Morgan fingerprint density at radius 1 is 0.897 bits per heavy atom. The molecular weight excluding hydrogens is 494 g/mol. The van der Waals surface area contributed by atoms with Crippen molar-refractivity contribution in [1.29, 1.82) is 0 Å². The van der Waals surface area contributed by atoms with Crippen LogP contribution in [0.1, 0.15) is 50.5 Å². The average Bonchev–Trinajstić information content (AvgIpc) is 3.45. The van der Waals surface area contributed by atoms with E-state index in [-0.39, 0.29) is 49.3 Å². The molecule has 0 aromatic heterocycles. The summed E-state index contributed by atoms with van der Waals surface area (Å²) < 4.78 is 1.39. The zero-order valence-electron chi connectivity index (χ0n) is 22.4. The van der Waals surface area contributed by atoms with E-state index >= 15 is 0 Å². The molecule has 0 spiro atoms. The van der Waals surface area contributed by atoms with Gasteiger partial charge >= 0.3 is 11.9 Å². The largest absolute Gasteiger partial charge is 0.501 e. The molecule has 1 saturated carbocycles. The maximum Gasteiger partial charge on any atom is 0.501 e. The fraction of sp³-hybridized carbons (Fsp3) is 0.500. The van der Waals surface area contributed by atoms with Gasteiger partial charge in [-0.05, 0) is 37.3 Å². The molecule has 1 aromatic rings. The molecule has 5 amide bonds. The van der Waals surface area contributed by atoms with E-state index in [0.717, 1.165) is 63.1 Å². The maximum atomic E-state index is 13.4. The summed E-state index contributed by atoms with van der Waals surface area (Å²) in [4.78, 5) is 55.7. The van der Waals surface area contributed by atoms with Gasteiger partial charge in [-0.15, -0.1) is 0 Å². The topological polar surface area (TPSA) is 102 Å². The lowest BCUT2D eigenvalue weighted by molar-refractivity contribution is -0.428. The number of urea groups is 1. The molecule has 1 saturated heterocycles. The van der Waals surface area contributed by atoms with Crippen LogP contribution in [0.15, 0.2) is 54.6 Å². The molecule has 4 aliphatic rings. The number of benzene rings is 1. The lowest BCUT2D eigenvalue weighted by Gasteiger charge is -2.32. The van der Waals surface area contributed by atoms with Crippen LogP contribution in [0.25, 0.3) is 0 Å². The molecule has 9 nitrogen and oxygen atoms in total. The van der Waals surface area contributed by atoms with Crippen LogP contribution in [0.5, 0.6) is 0 Å². The van der Waals surface area contributed by atoms with Crippen LogP contribution < -0.4 is 10.6 Å². The molecule has 2 N–H and O–H groups in total. The second-order valence-corrected chi connectivity index (χ2v) is 10.9. The Labute approximate surface area is 229 Å². The Morgan fingerprint density at radius 2 is 1.59 bits per heavy atom. The number of imide groups is 1. The van der Waals surface area contributed by atoms with Crippen molar-refractivity contribution in [2.75, 3.05) is 26.2 Å². The number of carbonyl (C=O) groups excluding carboxylic acids is 4. The number of nitrogens with zero attached hydrogens (tertiary/aromatic N) is 3. The van der Waals surface area contributed by atoms with Gasteiger partial charge in [-0.25, -0.2) is 4.79 Å². The number of amides is 5. The monoisotopic (exact) mass is 532 g/mol. The number of nitrogens with one attached hydrogen (secondary N) is 2. The molecule has 2 aliphatic carbocycles. The summed E-state index contributed by atoms with van der Waals surface area (Å²) in [5.41, 5.74) is 1.79. The van der Waals surface area contributed by atoms with Gasteiger partial charge in [0, 0.05) is 31.7 Å². The zero-order valence-corrected chi connectivity index (χ0v) is 22.4. The Kier molecular flexibility index (Phi) is 8.66. The van der Waals surface area contributed by atoms with Crippen LogP contribution in [0.3, 0.4) is 0 Å². The van der Waals surface area contributed by atoms with Crippen LogP contribution in [0.4, 0.5) is 4.79 Å². The predicted octanol–water partition coefficient (Wildman–Crippen LogP) is 2.37. The van der Waals surface area contributed by atoms with Crippen molar-refractivity contribution < 1.29 is 23.8 Å². The van der Waals surface area contributed by atoms with Crippen LogP contribution >= 0.6 is 0 Å². The van der Waals surface area contributed by atoms with E-state index in [2.05, 4.69) is 27.7 Å². The van der Waals surface area contributed by atoms with Gasteiger partial charge in [-0.2, -0.15) is 14.3 Å². The second-order valence-electron chi connectivity index (χ2n) is 10.9. The minimum absolute atomic E-state index is 0.0154. The lowest BCUT2D eigenvalue weighted by Crippen LogP contribution is -2.56. The normalized spacial score (nSPS) is 22.4. The molecule has 0 bridgehead atoms. The van der Waals surface area contributed by atoms with E-state index in [1.807, 2.05) is 18.2 Å². The minimum Gasteiger partial charge on any atom is -0.353 e. The first-order valence-electron chi connectivity index (χ1n) is 14.2. The van der Waals surface area contributed by atoms with Crippen LogP contribution in [-0.4, -0.2) is 82.1 Å². The molecule has 39 heavy (non-hydrogen) atoms. The number of piperidine rings is 1. The fourth-order valence-electron chi connectivity index (χ4n) is 5.96. The first-order valence-corrected chi connectivity index (χ1v) is 14.2. The highest BCUT2D eigenvalue weighted by atomic mass is 16.2. The summed E-state index contributed by atoms with van der Waals surface area (Å²) in [5, 5.41) is 6.11. The maximum absolute atomic E-state index is 13.4. The first-order chi connectivity index (χ1) is 19.0. The fourth-order valence-corrected chi connectivity index (χ4v) is 5.96. The van der Waals surface area contributed by atoms with Crippen molar-refractivity contribution in [1.82, 2.24) is 20.4 Å². The van der Waals surface area contributed by atoms with Crippen molar-refractivity contribution in [3.05, 3.63) is 60.2 Å². The third-order valence-corrected chi connectivity index (χ3v) is 8.09. The predicted molar refractivity (Wildman–Crippen MR) is 147 cm³/mol. The van der Waals surface area contributed by atoms with Gasteiger partial charge in [0.05, 0.1) is 6.42 Å².